The van der Waals surface area contributed by atoms with E-state index in [-0.39, 0.29) is 23.9 Å². The Bertz CT molecular complexity index is 876. The van der Waals surface area contributed by atoms with Crippen LogP contribution in [0.1, 0.15) is 24.0 Å². The SMILES string of the molecule is COc1cc(C)ccc1CN1CCC2(CC1)CN(c1ccc(F)cc1)C(=O)CO2. The first-order chi connectivity index (χ1) is 14.0. The molecule has 2 aromatic rings. The average Bonchev–Trinajstić information content (AvgIpc) is 2.73. The first-order valence-electron chi connectivity index (χ1n) is 10.0. The number of carbonyl (C=O) groups excluding carboxylic acids is 1. The highest BCUT2D eigenvalue weighted by molar-refractivity contribution is 5.95. The van der Waals surface area contributed by atoms with Crippen molar-refractivity contribution < 1.29 is 18.7 Å². The Morgan fingerprint density at radius 3 is 2.55 bits per heavy atom. The van der Waals surface area contributed by atoms with E-state index in [2.05, 4.69) is 30.0 Å². The predicted molar refractivity (Wildman–Crippen MR) is 110 cm³/mol. The Morgan fingerprint density at radius 1 is 1.14 bits per heavy atom. The summed E-state index contributed by atoms with van der Waals surface area (Å²) in [6.07, 6.45) is 1.71. The molecule has 2 aliphatic heterocycles. The summed E-state index contributed by atoms with van der Waals surface area (Å²) < 4.78 is 24.8. The molecule has 0 aliphatic carbocycles. The molecule has 2 heterocycles. The second-order valence-corrected chi connectivity index (χ2v) is 8.02. The Kier molecular flexibility index (Phi) is 5.56. The summed E-state index contributed by atoms with van der Waals surface area (Å²) >= 11 is 0. The third-order valence-electron chi connectivity index (χ3n) is 5.99. The second kappa shape index (κ2) is 8.13. The van der Waals surface area contributed by atoms with Gasteiger partial charge in [0.05, 0.1) is 19.3 Å². The van der Waals surface area contributed by atoms with Crippen LogP contribution in [0.3, 0.4) is 0 Å². The molecule has 0 saturated carbocycles. The highest BCUT2D eigenvalue weighted by atomic mass is 19.1. The Morgan fingerprint density at radius 2 is 1.86 bits per heavy atom. The van der Waals surface area contributed by atoms with Gasteiger partial charge in [0.25, 0.3) is 5.91 Å². The van der Waals surface area contributed by atoms with Gasteiger partial charge < -0.3 is 14.4 Å². The maximum absolute atomic E-state index is 13.3. The van der Waals surface area contributed by atoms with Crippen LogP contribution in [0.15, 0.2) is 42.5 Å². The number of hydrogen-bond donors (Lipinski definition) is 0. The summed E-state index contributed by atoms with van der Waals surface area (Å²) in [4.78, 5) is 16.5. The van der Waals surface area contributed by atoms with Crippen molar-refractivity contribution in [2.45, 2.75) is 31.9 Å². The highest BCUT2D eigenvalue weighted by Gasteiger charge is 2.42. The number of halogens is 1. The van der Waals surface area contributed by atoms with Gasteiger partial charge >= 0.3 is 0 Å². The molecule has 154 valence electrons. The number of anilines is 1. The smallest absolute Gasteiger partial charge is 0.253 e. The standard InChI is InChI=1S/C23H27FN2O3/c1-17-3-4-18(21(13-17)28-2)14-25-11-9-23(10-12-25)16-26(22(27)15-29-23)20-7-5-19(24)6-8-20/h3-8,13H,9-12,14-16H2,1-2H3. The topological polar surface area (TPSA) is 42.0 Å². The summed E-state index contributed by atoms with van der Waals surface area (Å²) in [6.45, 7) is 5.26. The summed E-state index contributed by atoms with van der Waals surface area (Å²) in [5.41, 5.74) is 2.76. The monoisotopic (exact) mass is 398 g/mol. The van der Waals surface area contributed by atoms with E-state index in [0.717, 1.165) is 43.9 Å². The molecule has 1 amide bonds. The van der Waals surface area contributed by atoms with Gasteiger partial charge in [-0.3, -0.25) is 9.69 Å². The fourth-order valence-electron chi connectivity index (χ4n) is 4.22. The van der Waals surface area contributed by atoms with Crippen molar-refractivity contribution in [1.29, 1.82) is 0 Å². The van der Waals surface area contributed by atoms with Crippen LogP contribution in [0, 0.1) is 12.7 Å². The zero-order valence-electron chi connectivity index (χ0n) is 17.0. The molecule has 2 aromatic carbocycles. The molecule has 2 aliphatic rings. The number of hydrogen-bond acceptors (Lipinski definition) is 4. The molecule has 0 N–H and O–H groups in total. The summed E-state index contributed by atoms with van der Waals surface area (Å²) in [6, 6.07) is 12.4. The van der Waals surface area contributed by atoms with Crippen molar-refractivity contribution in [3.63, 3.8) is 0 Å². The second-order valence-electron chi connectivity index (χ2n) is 8.02. The molecule has 6 heteroatoms. The lowest BCUT2D eigenvalue weighted by molar-refractivity contribution is -0.145. The molecule has 0 aromatic heterocycles. The molecule has 29 heavy (non-hydrogen) atoms. The quantitative estimate of drug-likeness (QED) is 0.790. The van der Waals surface area contributed by atoms with Crippen molar-refractivity contribution >= 4 is 11.6 Å². The van der Waals surface area contributed by atoms with Crippen molar-refractivity contribution in [2.24, 2.45) is 0 Å². The number of methoxy groups -OCH3 is 1. The van der Waals surface area contributed by atoms with E-state index < -0.39 is 0 Å². The van der Waals surface area contributed by atoms with Gasteiger partial charge in [0.2, 0.25) is 0 Å². The van der Waals surface area contributed by atoms with Crippen LogP contribution in [0.2, 0.25) is 0 Å². The Labute approximate surface area is 171 Å². The molecule has 0 unspecified atom stereocenters. The number of aryl methyl sites for hydroxylation is 1. The molecule has 0 atom stereocenters. The number of morpholine rings is 1. The highest BCUT2D eigenvalue weighted by Crippen LogP contribution is 2.34. The number of piperidine rings is 1. The van der Waals surface area contributed by atoms with Crippen LogP contribution < -0.4 is 9.64 Å². The normalized spacial score (nSPS) is 19.6. The number of amides is 1. The van der Waals surface area contributed by atoms with Crippen molar-refractivity contribution in [1.82, 2.24) is 4.90 Å². The zero-order valence-corrected chi connectivity index (χ0v) is 17.0. The Balaban J connectivity index is 1.41. The summed E-state index contributed by atoms with van der Waals surface area (Å²) in [7, 11) is 1.71. The molecule has 2 saturated heterocycles. The number of benzene rings is 2. The van der Waals surface area contributed by atoms with E-state index in [1.165, 1.54) is 23.3 Å². The summed E-state index contributed by atoms with van der Waals surface area (Å²) in [5, 5.41) is 0. The first kappa shape index (κ1) is 19.9. The number of carbonyl (C=O) groups is 1. The van der Waals surface area contributed by atoms with Gasteiger partial charge in [0.1, 0.15) is 18.2 Å². The van der Waals surface area contributed by atoms with Crippen LogP contribution in [0.25, 0.3) is 0 Å². The lowest BCUT2D eigenvalue weighted by atomic mass is 9.88. The van der Waals surface area contributed by atoms with E-state index >= 15 is 0 Å². The van der Waals surface area contributed by atoms with Crippen LogP contribution in [0.4, 0.5) is 10.1 Å². The van der Waals surface area contributed by atoms with Crippen molar-refractivity contribution in [3.05, 3.63) is 59.4 Å². The number of ether oxygens (including phenoxy) is 2. The number of rotatable bonds is 4. The van der Waals surface area contributed by atoms with Gasteiger partial charge in [0.15, 0.2) is 0 Å². The first-order valence-corrected chi connectivity index (χ1v) is 10.0. The number of likely N-dealkylation sites (tertiary alicyclic amines) is 1. The van der Waals surface area contributed by atoms with Gasteiger partial charge in [-0.05, 0) is 55.7 Å². The lowest BCUT2D eigenvalue weighted by Crippen LogP contribution is -2.58. The fourth-order valence-corrected chi connectivity index (χ4v) is 4.22. The van der Waals surface area contributed by atoms with E-state index in [4.69, 9.17) is 9.47 Å². The minimum atomic E-state index is -0.337. The van der Waals surface area contributed by atoms with Crippen molar-refractivity contribution in [3.8, 4) is 5.75 Å². The molecule has 1 spiro atoms. The van der Waals surface area contributed by atoms with E-state index in [1.54, 1.807) is 24.1 Å². The van der Waals surface area contributed by atoms with Gasteiger partial charge in [-0.1, -0.05) is 12.1 Å². The lowest BCUT2D eigenvalue weighted by Gasteiger charge is -2.47. The predicted octanol–water partition coefficient (Wildman–Crippen LogP) is 3.54. The molecule has 0 bridgehead atoms. The van der Waals surface area contributed by atoms with Gasteiger partial charge in [-0.15, -0.1) is 0 Å². The minimum absolute atomic E-state index is 0.0726. The van der Waals surface area contributed by atoms with E-state index in [0.29, 0.717) is 6.54 Å². The zero-order chi connectivity index (χ0) is 20.4. The molecule has 0 radical (unpaired) electrons. The molecule has 2 fully saturated rings. The van der Waals surface area contributed by atoms with E-state index in [1.807, 2.05) is 0 Å². The maximum Gasteiger partial charge on any atom is 0.253 e. The number of nitrogens with zero attached hydrogens (tertiary/aromatic N) is 2. The van der Waals surface area contributed by atoms with Crippen LogP contribution in [0.5, 0.6) is 5.75 Å². The minimum Gasteiger partial charge on any atom is -0.496 e. The summed E-state index contributed by atoms with van der Waals surface area (Å²) in [5.74, 6) is 0.547. The molecular formula is C23H27FN2O3. The Hall–Kier alpha value is -2.44. The van der Waals surface area contributed by atoms with Crippen LogP contribution >= 0.6 is 0 Å². The van der Waals surface area contributed by atoms with Gasteiger partial charge in [-0.25, -0.2) is 4.39 Å². The van der Waals surface area contributed by atoms with E-state index in [9.17, 15) is 9.18 Å². The van der Waals surface area contributed by atoms with Crippen LogP contribution in [-0.4, -0.2) is 49.8 Å². The fraction of sp³-hybridized carbons (Fsp3) is 0.435. The van der Waals surface area contributed by atoms with Gasteiger partial charge in [0, 0.05) is 30.9 Å². The molecule has 5 nitrogen and oxygen atoms in total. The van der Waals surface area contributed by atoms with Crippen molar-refractivity contribution in [2.75, 3.05) is 38.3 Å². The van der Waals surface area contributed by atoms with Gasteiger partial charge in [-0.2, -0.15) is 0 Å². The third kappa shape index (κ3) is 4.28. The molecule has 4 rings (SSSR count). The third-order valence-corrected chi connectivity index (χ3v) is 5.99. The maximum atomic E-state index is 13.3. The molecular weight excluding hydrogens is 371 g/mol. The van der Waals surface area contributed by atoms with Crippen LogP contribution in [-0.2, 0) is 16.1 Å². The average molecular weight is 398 g/mol. The largest absolute Gasteiger partial charge is 0.496 e.